The van der Waals surface area contributed by atoms with Crippen molar-refractivity contribution in [3.05, 3.63) is 65.9 Å². The number of rotatable bonds is 9. The number of H-pyrrole nitrogens is 1. The van der Waals surface area contributed by atoms with Crippen LogP contribution in [-0.2, 0) is 11.2 Å². The van der Waals surface area contributed by atoms with Gasteiger partial charge in [-0.25, -0.2) is 4.39 Å². The van der Waals surface area contributed by atoms with E-state index in [2.05, 4.69) is 20.5 Å². The van der Waals surface area contributed by atoms with Crippen molar-refractivity contribution in [2.24, 2.45) is 5.92 Å². The molecule has 32 heavy (non-hydrogen) atoms. The fraction of sp³-hybridized carbons (Fsp3) is 0.333. The molecule has 7 nitrogen and oxygen atoms in total. The zero-order valence-corrected chi connectivity index (χ0v) is 18.0. The minimum absolute atomic E-state index is 0.165. The summed E-state index contributed by atoms with van der Waals surface area (Å²) in [6.45, 7) is 2.56. The van der Waals surface area contributed by atoms with E-state index in [1.165, 1.54) is 24.1 Å². The Kier molecular flexibility index (Phi) is 6.58. The number of nitrogens with one attached hydrogen (secondary N) is 2. The molecule has 1 aliphatic carbocycles. The first-order valence-corrected chi connectivity index (χ1v) is 10.8. The number of hydrogen-bond acceptors (Lipinski definition) is 4. The quantitative estimate of drug-likeness (QED) is 0.501. The number of hydrogen-bond donors (Lipinski definition) is 2. The second kappa shape index (κ2) is 9.72. The number of aromatic nitrogens is 3. The van der Waals surface area contributed by atoms with Crippen molar-refractivity contribution in [1.29, 1.82) is 0 Å². The molecule has 0 aliphatic heterocycles. The van der Waals surface area contributed by atoms with E-state index in [0.717, 1.165) is 31.2 Å². The Morgan fingerprint density at radius 3 is 2.69 bits per heavy atom. The van der Waals surface area contributed by atoms with Crippen LogP contribution in [0.1, 0.15) is 42.1 Å². The van der Waals surface area contributed by atoms with Crippen LogP contribution in [0.5, 0.6) is 0 Å². The van der Waals surface area contributed by atoms with Crippen LogP contribution in [0.15, 0.2) is 48.9 Å². The number of aromatic amines is 1. The third kappa shape index (κ3) is 5.38. The summed E-state index contributed by atoms with van der Waals surface area (Å²) in [6.07, 6.45) is 8.89. The van der Waals surface area contributed by atoms with Gasteiger partial charge in [-0.2, -0.15) is 5.10 Å². The number of nitrogens with zero attached hydrogens (tertiary/aromatic N) is 3. The summed E-state index contributed by atoms with van der Waals surface area (Å²) < 4.78 is 14.8. The molecule has 3 aromatic rings. The molecule has 0 radical (unpaired) electrons. The average molecular weight is 436 g/mol. The van der Waals surface area contributed by atoms with Gasteiger partial charge in [-0.05, 0) is 61.4 Å². The molecule has 2 heterocycles. The highest BCUT2D eigenvalue weighted by Crippen LogP contribution is 2.33. The van der Waals surface area contributed by atoms with Gasteiger partial charge in [0.25, 0.3) is 5.91 Å². The first kappa shape index (κ1) is 21.7. The van der Waals surface area contributed by atoms with Crippen molar-refractivity contribution in [2.75, 3.05) is 18.0 Å². The molecule has 166 valence electrons. The predicted octanol–water partition coefficient (Wildman–Crippen LogP) is 3.74. The number of pyridine rings is 1. The highest BCUT2D eigenvalue weighted by molar-refractivity contribution is 5.94. The van der Waals surface area contributed by atoms with Crippen molar-refractivity contribution in [2.45, 2.75) is 32.6 Å². The first-order chi connectivity index (χ1) is 15.5. The topological polar surface area (TPSA) is 91.0 Å². The number of amides is 2. The molecule has 2 amide bonds. The molecular formula is C24H26FN5O2. The van der Waals surface area contributed by atoms with Gasteiger partial charge in [0, 0.05) is 38.0 Å². The van der Waals surface area contributed by atoms with Crippen molar-refractivity contribution in [1.82, 2.24) is 20.5 Å². The van der Waals surface area contributed by atoms with Crippen molar-refractivity contribution >= 4 is 17.5 Å². The zero-order valence-electron chi connectivity index (χ0n) is 18.0. The van der Waals surface area contributed by atoms with Crippen molar-refractivity contribution in [3.8, 4) is 11.3 Å². The smallest absolute Gasteiger partial charge is 0.252 e. The Balaban J connectivity index is 1.37. The molecule has 1 aromatic carbocycles. The highest BCUT2D eigenvalue weighted by Gasteiger charge is 2.27. The molecule has 1 saturated carbocycles. The van der Waals surface area contributed by atoms with Crippen LogP contribution in [0.3, 0.4) is 0 Å². The van der Waals surface area contributed by atoms with E-state index in [1.54, 1.807) is 30.5 Å². The number of anilines is 1. The van der Waals surface area contributed by atoms with E-state index in [1.807, 2.05) is 6.20 Å². The molecule has 0 spiro atoms. The molecule has 0 saturated heterocycles. The molecule has 1 aliphatic rings. The Hall–Kier alpha value is -3.55. The fourth-order valence-electron chi connectivity index (χ4n) is 3.55. The van der Waals surface area contributed by atoms with Gasteiger partial charge >= 0.3 is 0 Å². The SMILES string of the molecule is CC(=O)N(CC1CC1)c1ccc(-c2ccc(C(=O)NCCCc3cn[nH]c3)cn2)cc1F. The summed E-state index contributed by atoms with van der Waals surface area (Å²) in [4.78, 5) is 30.1. The number of carbonyl (C=O) groups excluding carboxylic acids is 2. The monoisotopic (exact) mass is 435 g/mol. The summed E-state index contributed by atoms with van der Waals surface area (Å²) in [5, 5.41) is 9.53. The second-order valence-electron chi connectivity index (χ2n) is 8.14. The fourth-order valence-corrected chi connectivity index (χ4v) is 3.55. The Morgan fingerprint density at radius 2 is 2.06 bits per heavy atom. The van der Waals surface area contributed by atoms with Crippen molar-refractivity contribution < 1.29 is 14.0 Å². The van der Waals surface area contributed by atoms with Crippen LogP contribution in [0, 0.1) is 11.7 Å². The van der Waals surface area contributed by atoms with Crippen LogP contribution in [0.4, 0.5) is 10.1 Å². The van der Waals surface area contributed by atoms with Crippen LogP contribution in [0.2, 0.25) is 0 Å². The van der Waals surface area contributed by atoms with Crippen LogP contribution in [-0.4, -0.2) is 40.1 Å². The van der Waals surface area contributed by atoms with Gasteiger partial charge in [-0.1, -0.05) is 6.07 Å². The van der Waals surface area contributed by atoms with E-state index < -0.39 is 5.82 Å². The zero-order chi connectivity index (χ0) is 22.5. The third-order valence-electron chi connectivity index (χ3n) is 5.56. The molecule has 0 bridgehead atoms. The Labute approximate surface area is 186 Å². The van der Waals surface area contributed by atoms with Gasteiger partial charge in [-0.3, -0.25) is 19.7 Å². The lowest BCUT2D eigenvalue weighted by Gasteiger charge is -2.22. The van der Waals surface area contributed by atoms with Gasteiger partial charge < -0.3 is 10.2 Å². The lowest BCUT2D eigenvalue weighted by Crippen LogP contribution is -2.31. The molecule has 2 N–H and O–H groups in total. The van der Waals surface area contributed by atoms with Crippen LogP contribution in [0.25, 0.3) is 11.3 Å². The summed E-state index contributed by atoms with van der Waals surface area (Å²) in [6, 6.07) is 8.13. The minimum atomic E-state index is -0.459. The van der Waals surface area contributed by atoms with Gasteiger partial charge in [0.2, 0.25) is 5.91 Å². The summed E-state index contributed by atoms with van der Waals surface area (Å²) >= 11 is 0. The van der Waals surface area contributed by atoms with Gasteiger partial charge in [0.15, 0.2) is 0 Å². The predicted molar refractivity (Wildman–Crippen MR) is 120 cm³/mol. The molecule has 0 unspecified atom stereocenters. The molecule has 0 atom stereocenters. The molecule has 4 rings (SSSR count). The first-order valence-electron chi connectivity index (χ1n) is 10.8. The van der Waals surface area contributed by atoms with E-state index in [-0.39, 0.29) is 11.8 Å². The largest absolute Gasteiger partial charge is 0.352 e. The second-order valence-corrected chi connectivity index (χ2v) is 8.14. The molecule has 2 aromatic heterocycles. The van der Waals surface area contributed by atoms with Crippen molar-refractivity contribution in [3.63, 3.8) is 0 Å². The number of carbonyl (C=O) groups is 2. The van der Waals surface area contributed by atoms with E-state index in [4.69, 9.17) is 0 Å². The highest BCUT2D eigenvalue weighted by atomic mass is 19.1. The van der Waals surface area contributed by atoms with Gasteiger partial charge in [0.1, 0.15) is 5.82 Å². The lowest BCUT2D eigenvalue weighted by molar-refractivity contribution is -0.116. The van der Waals surface area contributed by atoms with Crippen LogP contribution >= 0.6 is 0 Å². The van der Waals surface area contributed by atoms with Gasteiger partial charge in [-0.15, -0.1) is 0 Å². The standard InChI is InChI=1S/C24H26FN5O2/c1-16(31)30(15-17-4-5-17)23-9-7-19(11-21(23)25)22-8-6-20(14-27-22)24(32)26-10-2-3-18-12-28-29-13-18/h6-9,11-14,17H,2-5,10,15H2,1H3,(H,26,32)(H,28,29). The number of aryl methyl sites for hydroxylation is 1. The summed E-state index contributed by atoms with van der Waals surface area (Å²) in [5.74, 6) is -0.361. The maximum absolute atomic E-state index is 14.8. The molecule has 8 heteroatoms. The van der Waals surface area contributed by atoms with E-state index in [9.17, 15) is 14.0 Å². The van der Waals surface area contributed by atoms with Gasteiger partial charge in [0.05, 0.1) is 23.1 Å². The third-order valence-corrected chi connectivity index (χ3v) is 5.56. The maximum atomic E-state index is 14.8. The Bertz CT molecular complexity index is 1080. The molecule has 1 fully saturated rings. The summed E-state index contributed by atoms with van der Waals surface area (Å²) in [5.41, 5.74) is 2.99. The van der Waals surface area contributed by atoms with Crippen LogP contribution < -0.4 is 10.2 Å². The summed E-state index contributed by atoms with van der Waals surface area (Å²) in [7, 11) is 0. The normalized spacial score (nSPS) is 13.1. The lowest BCUT2D eigenvalue weighted by atomic mass is 10.1. The van der Waals surface area contributed by atoms with E-state index in [0.29, 0.717) is 41.5 Å². The molecular weight excluding hydrogens is 409 g/mol. The minimum Gasteiger partial charge on any atom is -0.352 e. The number of benzene rings is 1. The van der Waals surface area contributed by atoms with E-state index >= 15 is 0 Å². The Morgan fingerprint density at radius 1 is 1.22 bits per heavy atom. The average Bonchev–Trinajstić information content (AvgIpc) is 3.47. The number of halogens is 1. The maximum Gasteiger partial charge on any atom is 0.252 e.